The minimum atomic E-state index is 0.999. The van der Waals surface area contributed by atoms with Crippen molar-refractivity contribution >= 4 is 26.8 Å². The van der Waals surface area contributed by atoms with Gasteiger partial charge in [-0.1, -0.05) is 70.5 Å². The Labute approximate surface area is 150 Å². The number of hydrogen-bond donors (Lipinski definition) is 0. The van der Waals surface area contributed by atoms with Crippen LogP contribution >= 0.6 is 15.9 Å². The Morgan fingerprint density at radius 1 is 0.750 bits per heavy atom. The molecular weight excluding hydrogens is 358 g/mol. The van der Waals surface area contributed by atoms with Crippen LogP contribution in [-0.4, -0.2) is 4.98 Å². The van der Waals surface area contributed by atoms with Crippen LogP contribution in [0.25, 0.3) is 33.3 Å². The Morgan fingerprint density at radius 2 is 1.50 bits per heavy atom. The highest BCUT2D eigenvalue weighted by Gasteiger charge is 2.09. The van der Waals surface area contributed by atoms with Crippen molar-refractivity contribution in [1.82, 2.24) is 4.98 Å². The molecule has 1 nitrogen and oxygen atoms in total. The third kappa shape index (κ3) is 2.85. The molecule has 0 aliphatic carbocycles. The summed E-state index contributed by atoms with van der Waals surface area (Å²) >= 11 is 3.50. The molecule has 0 spiro atoms. The molecule has 24 heavy (non-hydrogen) atoms. The van der Waals surface area contributed by atoms with Gasteiger partial charge in [0.15, 0.2) is 0 Å². The highest BCUT2D eigenvalue weighted by atomic mass is 79.9. The summed E-state index contributed by atoms with van der Waals surface area (Å²) in [4.78, 5) is 4.91. The second kappa shape index (κ2) is 6.21. The molecule has 0 unspecified atom stereocenters. The Morgan fingerprint density at radius 3 is 2.25 bits per heavy atom. The van der Waals surface area contributed by atoms with Gasteiger partial charge in [0.1, 0.15) is 0 Å². The van der Waals surface area contributed by atoms with E-state index in [1.54, 1.807) is 0 Å². The van der Waals surface area contributed by atoms with Gasteiger partial charge in [0, 0.05) is 15.4 Å². The molecule has 0 saturated carbocycles. The summed E-state index contributed by atoms with van der Waals surface area (Å²) in [5.41, 5.74) is 6.82. The van der Waals surface area contributed by atoms with Gasteiger partial charge in [0.2, 0.25) is 0 Å². The van der Waals surface area contributed by atoms with Crippen LogP contribution in [0, 0.1) is 6.92 Å². The van der Waals surface area contributed by atoms with Gasteiger partial charge in [-0.15, -0.1) is 0 Å². The van der Waals surface area contributed by atoms with Gasteiger partial charge in [-0.05, 0) is 47.9 Å². The maximum Gasteiger partial charge on any atom is 0.0718 e. The van der Waals surface area contributed by atoms with Crippen molar-refractivity contribution in [1.29, 1.82) is 0 Å². The van der Waals surface area contributed by atoms with Crippen LogP contribution in [0.4, 0.5) is 0 Å². The molecular formula is C22H16BrN. The van der Waals surface area contributed by atoms with Crippen molar-refractivity contribution in [3.05, 3.63) is 88.9 Å². The lowest BCUT2D eigenvalue weighted by Gasteiger charge is -2.11. The second-order valence-corrected chi connectivity index (χ2v) is 6.86. The Balaban J connectivity index is 2.01. The molecule has 4 aromatic rings. The third-order valence-electron chi connectivity index (χ3n) is 4.19. The minimum absolute atomic E-state index is 0.999. The number of pyridine rings is 1. The zero-order chi connectivity index (χ0) is 16.5. The van der Waals surface area contributed by atoms with Crippen LogP contribution in [0.5, 0.6) is 0 Å². The van der Waals surface area contributed by atoms with Crippen molar-refractivity contribution in [2.45, 2.75) is 6.92 Å². The van der Waals surface area contributed by atoms with Gasteiger partial charge in [0.25, 0.3) is 0 Å². The third-order valence-corrected chi connectivity index (χ3v) is 4.72. The van der Waals surface area contributed by atoms with E-state index in [-0.39, 0.29) is 0 Å². The number of aryl methyl sites for hydroxylation is 1. The molecule has 0 aliphatic rings. The smallest absolute Gasteiger partial charge is 0.0718 e. The molecule has 1 aromatic heterocycles. The van der Waals surface area contributed by atoms with Crippen molar-refractivity contribution in [2.24, 2.45) is 0 Å². The maximum absolute atomic E-state index is 4.91. The number of halogens is 1. The molecule has 116 valence electrons. The van der Waals surface area contributed by atoms with Crippen LogP contribution in [0.15, 0.2) is 83.3 Å². The number of benzene rings is 3. The quantitative estimate of drug-likeness (QED) is 0.383. The molecule has 0 bridgehead atoms. The monoisotopic (exact) mass is 373 g/mol. The first-order valence-electron chi connectivity index (χ1n) is 7.93. The molecule has 2 heteroatoms. The Hall–Kier alpha value is -2.45. The van der Waals surface area contributed by atoms with Gasteiger partial charge >= 0.3 is 0 Å². The van der Waals surface area contributed by atoms with E-state index >= 15 is 0 Å². The predicted octanol–water partition coefficient (Wildman–Crippen LogP) is 6.64. The lowest BCUT2D eigenvalue weighted by Crippen LogP contribution is -1.90. The van der Waals surface area contributed by atoms with Crippen molar-refractivity contribution in [3.8, 4) is 22.4 Å². The van der Waals surface area contributed by atoms with Crippen LogP contribution < -0.4 is 0 Å². The summed E-state index contributed by atoms with van der Waals surface area (Å²) in [7, 11) is 0. The number of aromatic nitrogens is 1. The number of nitrogens with zero attached hydrogens (tertiary/aromatic N) is 1. The highest BCUT2D eigenvalue weighted by molar-refractivity contribution is 9.10. The van der Waals surface area contributed by atoms with E-state index in [0.717, 1.165) is 21.2 Å². The number of fused-ring (bicyclic) bond motifs is 1. The lowest BCUT2D eigenvalue weighted by molar-refractivity contribution is 1.38. The topological polar surface area (TPSA) is 12.9 Å². The first-order chi connectivity index (χ1) is 11.7. The summed E-state index contributed by atoms with van der Waals surface area (Å²) in [6.45, 7) is 2.11. The van der Waals surface area contributed by atoms with E-state index in [1.807, 2.05) is 6.07 Å². The zero-order valence-electron chi connectivity index (χ0n) is 13.3. The summed E-state index contributed by atoms with van der Waals surface area (Å²) in [5, 5.41) is 1.19. The molecule has 0 radical (unpaired) electrons. The Kier molecular flexibility index (Phi) is 3.91. The average Bonchev–Trinajstić information content (AvgIpc) is 2.62. The fourth-order valence-electron chi connectivity index (χ4n) is 2.96. The molecule has 0 aliphatic heterocycles. The normalized spacial score (nSPS) is 10.9. The maximum atomic E-state index is 4.91. The second-order valence-electron chi connectivity index (χ2n) is 5.95. The van der Waals surface area contributed by atoms with Gasteiger partial charge in [-0.25, -0.2) is 4.98 Å². The number of rotatable bonds is 2. The van der Waals surface area contributed by atoms with E-state index < -0.39 is 0 Å². The van der Waals surface area contributed by atoms with Crippen molar-refractivity contribution < 1.29 is 0 Å². The molecule has 0 fully saturated rings. The largest absolute Gasteiger partial charge is 0.248 e. The highest BCUT2D eigenvalue weighted by Crippen LogP contribution is 2.32. The summed E-state index contributed by atoms with van der Waals surface area (Å²) in [5.74, 6) is 0. The predicted molar refractivity (Wildman–Crippen MR) is 105 cm³/mol. The van der Waals surface area contributed by atoms with Crippen molar-refractivity contribution in [2.75, 3.05) is 0 Å². The molecule has 0 atom stereocenters. The number of hydrogen-bond acceptors (Lipinski definition) is 1. The van der Waals surface area contributed by atoms with Gasteiger partial charge in [-0.3, -0.25) is 0 Å². The molecule has 1 heterocycles. The van der Waals surface area contributed by atoms with E-state index in [1.165, 1.54) is 22.1 Å². The van der Waals surface area contributed by atoms with E-state index in [9.17, 15) is 0 Å². The fourth-order valence-corrected chi connectivity index (χ4v) is 3.23. The van der Waals surface area contributed by atoms with Gasteiger partial charge < -0.3 is 0 Å². The fraction of sp³-hybridized carbons (Fsp3) is 0.0455. The first-order valence-corrected chi connectivity index (χ1v) is 8.73. The zero-order valence-corrected chi connectivity index (χ0v) is 14.9. The van der Waals surface area contributed by atoms with Crippen molar-refractivity contribution in [3.63, 3.8) is 0 Å². The lowest BCUT2D eigenvalue weighted by atomic mass is 9.97. The van der Waals surface area contributed by atoms with Gasteiger partial charge in [-0.2, -0.15) is 0 Å². The van der Waals surface area contributed by atoms with Crippen LogP contribution in [0.1, 0.15) is 5.56 Å². The van der Waals surface area contributed by atoms with E-state index in [4.69, 9.17) is 4.98 Å². The minimum Gasteiger partial charge on any atom is -0.248 e. The SMILES string of the molecule is Cc1ccc2c(-c3ccccc3)cc(-c3ccc(Br)cc3)nc2c1. The summed E-state index contributed by atoms with van der Waals surface area (Å²) in [6.07, 6.45) is 0. The van der Waals surface area contributed by atoms with Crippen LogP contribution in [-0.2, 0) is 0 Å². The standard InChI is InChI=1S/C22H16BrN/c1-15-7-12-19-20(16-5-3-2-4-6-16)14-21(24-22(19)13-15)17-8-10-18(23)11-9-17/h2-14H,1H3. The van der Waals surface area contributed by atoms with Gasteiger partial charge in [0.05, 0.1) is 11.2 Å². The van der Waals surface area contributed by atoms with E-state index in [0.29, 0.717) is 0 Å². The molecule has 3 aromatic carbocycles. The molecule has 0 N–H and O–H groups in total. The Bertz CT molecular complexity index is 1010. The molecule has 4 rings (SSSR count). The van der Waals surface area contributed by atoms with E-state index in [2.05, 4.69) is 95.7 Å². The molecule has 0 amide bonds. The van der Waals surface area contributed by atoms with Crippen LogP contribution in [0.3, 0.4) is 0 Å². The summed E-state index contributed by atoms with van der Waals surface area (Å²) < 4.78 is 1.08. The first kappa shape index (κ1) is 15.1. The summed E-state index contributed by atoms with van der Waals surface area (Å²) in [6, 6.07) is 27.5. The van der Waals surface area contributed by atoms with Crippen LogP contribution in [0.2, 0.25) is 0 Å². The molecule has 0 saturated heterocycles. The average molecular weight is 374 g/mol.